The normalized spacial score (nSPS) is 16.5. The molecule has 1 aliphatic carbocycles. The van der Waals surface area contributed by atoms with Gasteiger partial charge in [-0.3, -0.25) is 14.4 Å². The van der Waals surface area contributed by atoms with Crippen molar-refractivity contribution < 1.29 is 47.7 Å². The summed E-state index contributed by atoms with van der Waals surface area (Å²) in [4.78, 5) is 70.4. The number of halogens is 1. The van der Waals surface area contributed by atoms with Crippen LogP contribution in [-0.2, 0) is 23.9 Å². The van der Waals surface area contributed by atoms with Crippen LogP contribution in [0, 0.1) is 12.7 Å². The van der Waals surface area contributed by atoms with Crippen molar-refractivity contribution in [2.45, 2.75) is 64.5 Å². The Morgan fingerprint density at radius 3 is 2.30 bits per heavy atom. The Hall–Kier alpha value is -4.49. The number of amides is 3. The minimum absolute atomic E-state index is 0.00454. The van der Waals surface area contributed by atoms with Crippen LogP contribution in [0.25, 0.3) is 10.9 Å². The third kappa shape index (κ3) is 7.00. The Balaban J connectivity index is 1.61. The molecule has 1 aromatic carbocycles. The molecule has 13 nitrogen and oxygen atoms in total. The van der Waals surface area contributed by atoms with E-state index in [0.717, 1.165) is 0 Å². The molecular weight excluding hydrogens is 579 g/mol. The number of aliphatic carboxylic acids is 1. The van der Waals surface area contributed by atoms with Crippen molar-refractivity contribution in [1.29, 1.82) is 0 Å². The Kier molecular flexibility index (Phi) is 10.2. The average molecular weight is 617 g/mol. The predicted octanol–water partition coefficient (Wildman–Crippen LogP) is 2.81. The summed E-state index contributed by atoms with van der Waals surface area (Å²) in [5.41, 5.74) is -1.14. The van der Waals surface area contributed by atoms with Crippen molar-refractivity contribution in [1.82, 2.24) is 20.1 Å². The number of carbonyl (C=O) groups is 5. The summed E-state index contributed by atoms with van der Waals surface area (Å²) >= 11 is 0. The van der Waals surface area contributed by atoms with Crippen LogP contribution in [0.1, 0.15) is 62.0 Å². The molecule has 1 aliphatic heterocycles. The molecule has 2 aliphatic rings. The van der Waals surface area contributed by atoms with Gasteiger partial charge in [-0.05, 0) is 58.1 Å². The first kappa shape index (κ1) is 32.4. The maximum Gasteiger partial charge on any atom is 0.409 e. The highest BCUT2D eigenvalue weighted by Crippen LogP contribution is 2.41. The first-order valence-electron chi connectivity index (χ1n) is 14.7. The quantitative estimate of drug-likeness (QED) is 0.359. The number of carboxylic acids is 1. The fourth-order valence-electron chi connectivity index (χ4n) is 5.17. The molecule has 0 spiro atoms. The van der Waals surface area contributed by atoms with Crippen molar-refractivity contribution in [3.8, 4) is 5.75 Å². The number of pyridine rings is 1. The molecule has 2 aromatic rings. The van der Waals surface area contributed by atoms with E-state index in [-0.39, 0.29) is 68.2 Å². The minimum Gasteiger partial charge on any atom is -0.481 e. The molecule has 1 saturated heterocycles. The summed E-state index contributed by atoms with van der Waals surface area (Å²) < 4.78 is 31.7. The summed E-state index contributed by atoms with van der Waals surface area (Å²) in [6.07, 6.45) is 0.298. The summed E-state index contributed by atoms with van der Waals surface area (Å²) in [7, 11) is 0. The van der Waals surface area contributed by atoms with Crippen LogP contribution in [0.15, 0.2) is 18.2 Å². The molecule has 2 fully saturated rings. The number of hydrogen-bond donors (Lipinski definition) is 2. The molecule has 4 rings (SSSR count). The second-order valence-electron chi connectivity index (χ2n) is 10.7. The Labute approximate surface area is 253 Å². The number of esters is 1. The van der Waals surface area contributed by atoms with Crippen LogP contribution in [0.5, 0.6) is 5.75 Å². The van der Waals surface area contributed by atoms with E-state index in [1.165, 1.54) is 28.0 Å². The number of carbonyl (C=O) groups excluding carboxylic acids is 4. The van der Waals surface area contributed by atoms with Crippen LogP contribution in [0.4, 0.5) is 9.18 Å². The van der Waals surface area contributed by atoms with Crippen LogP contribution in [0.2, 0.25) is 0 Å². The molecule has 2 N–H and O–H groups in total. The first-order valence-corrected chi connectivity index (χ1v) is 14.7. The number of hydrogen-bond acceptors (Lipinski definition) is 9. The Morgan fingerprint density at radius 2 is 1.70 bits per heavy atom. The lowest BCUT2D eigenvalue weighted by Gasteiger charge is -2.39. The molecule has 44 heavy (non-hydrogen) atoms. The van der Waals surface area contributed by atoms with Gasteiger partial charge in [0.25, 0.3) is 5.91 Å². The topological polar surface area (TPSA) is 165 Å². The first-order chi connectivity index (χ1) is 21.0. The van der Waals surface area contributed by atoms with E-state index in [0.29, 0.717) is 24.8 Å². The van der Waals surface area contributed by atoms with E-state index in [2.05, 4.69) is 10.3 Å². The standard InChI is InChI=1S/C30H37FN4O9/c1-4-42-28(40)30(11-6-12-30)44-22-17-21(32-19-8-7-18(3)25(31)24(19)22)26(38)33-20(9-10-23(36)37)27(39)34-13-15-35(16-14-34)29(41)43-5-2/h7-8,17,20H,4-6,9-16H2,1-3H3,(H,33,38)(H,36,37). The third-order valence-corrected chi connectivity index (χ3v) is 7.78. The minimum atomic E-state index is -1.33. The molecule has 2 heterocycles. The molecule has 1 atom stereocenters. The number of fused-ring (bicyclic) bond motifs is 1. The maximum absolute atomic E-state index is 15.4. The molecule has 0 bridgehead atoms. The van der Waals surface area contributed by atoms with Gasteiger partial charge in [-0.2, -0.15) is 0 Å². The van der Waals surface area contributed by atoms with Gasteiger partial charge in [0.2, 0.25) is 11.5 Å². The molecule has 14 heteroatoms. The van der Waals surface area contributed by atoms with E-state index in [1.54, 1.807) is 20.8 Å². The molecular formula is C30H37FN4O9. The second-order valence-corrected chi connectivity index (χ2v) is 10.7. The third-order valence-electron chi connectivity index (χ3n) is 7.78. The van der Waals surface area contributed by atoms with Gasteiger partial charge >= 0.3 is 18.0 Å². The van der Waals surface area contributed by atoms with Crippen molar-refractivity contribution in [2.24, 2.45) is 0 Å². The van der Waals surface area contributed by atoms with E-state index in [4.69, 9.17) is 14.2 Å². The highest BCUT2D eigenvalue weighted by atomic mass is 19.1. The van der Waals surface area contributed by atoms with Gasteiger partial charge in [-0.1, -0.05) is 6.07 Å². The van der Waals surface area contributed by atoms with Crippen molar-refractivity contribution in [3.63, 3.8) is 0 Å². The fraction of sp³-hybridized carbons (Fsp3) is 0.533. The van der Waals surface area contributed by atoms with Crippen molar-refractivity contribution in [3.05, 3.63) is 35.3 Å². The molecule has 3 amide bonds. The summed E-state index contributed by atoms with van der Waals surface area (Å²) in [6.45, 7) is 6.02. The number of aromatic nitrogens is 1. The van der Waals surface area contributed by atoms with Crippen LogP contribution < -0.4 is 10.1 Å². The highest BCUT2D eigenvalue weighted by molar-refractivity contribution is 6.00. The number of nitrogens with one attached hydrogen (secondary N) is 1. The van der Waals surface area contributed by atoms with Gasteiger partial charge in [-0.15, -0.1) is 0 Å². The number of piperazine rings is 1. The number of benzene rings is 1. The maximum atomic E-state index is 15.4. The molecule has 1 unspecified atom stereocenters. The van der Waals surface area contributed by atoms with Crippen LogP contribution in [-0.4, -0.2) is 101 Å². The Morgan fingerprint density at radius 1 is 1.05 bits per heavy atom. The van der Waals surface area contributed by atoms with E-state index in [1.807, 2.05) is 0 Å². The van der Waals surface area contributed by atoms with Gasteiger partial charge < -0.3 is 34.4 Å². The number of ether oxygens (including phenoxy) is 3. The predicted molar refractivity (Wildman–Crippen MR) is 154 cm³/mol. The zero-order chi connectivity index (χ0) is 32.0. The van der Waals surface area contributed by atoms with E-state index < -0.39 is 53.7 Å². The van der Waals surface area contributed by atoms with Crippen LogP contribution >= 0.6 is 0 Å². The van der Waals surface area contributed by atoms with E-state index in [9.17, 15) is 29.1 Å². The fourth-order valence-corrected chi connectivity index (χ4v) is 5.17. The molecule has 238 valence electrons. The summed E-state index contributed by atoms with van der Waals surface area (Å²) in [5, 5.41) is 11.9. The van der Waals surface area contributed by atoms with Gasteiger partial charge in [-0.25, -0.2) is 19.0 Å². The summed E-state index contributed by atoms with van der Waals surface area (Å²) in [6, 6.07) is 3.01. The van der Waals surface area contributed by atoms with Gasteiger partial charge in [0.1, 0.15) is 23.3 Å². The Bertz CT molecular complexity index is 1440. The number of nitrogens with zero attached hydrogens (tertiary/aromatic N) is 3. The van der Waals surface area contributed by atoms with Gasteiger partial charge in [0.05, 0.1) is 24.1 Å². The zero-order valence-electron chi connectivity index (χ0n) is 25.0. The largest absolute Gasteiger partial charge is 0.481 e. The monoisotopic (exact) mass is 616 g/mol. The smallest absolute Gasteiger partial charge is 0.409 e. The lowest BCUT2D eigenvalue weighted by Crippen LogP contribution is -2.56. The lowest BCUT2D eigenvalue weighted by atomic mass is 9.80. The van der Waals surface area contributed by atoms with Gasteiger partial charge in [0.15, 0.2) is 0 Å². The molecule has 1 saturated carbocycles. The SMILES string of the molecule is CCOC(=O)N1CCN(C(=O)C(CCC(=O)O)NC(=O)c2cc(OC3(C(=O)OCC)CCC3)c3c(F)c(C)ccc3n2)CC1. The number of rotatable bonds is 11. The van der Waals surface area contributed by atoms with Crippen molar-refractivity contribution >= 4 is 40.7 Å². The molecule has 1 aromatic heterocycles. The number of carboxylic acid groups (broad SMARTS) is 1. The molecule has 0 radical (unpaired) electrons. The van der Waals surface area contributed by atoms with Crippen LogP contribution in [0.3, 0.4) is 0 Å². The van der Waals surface area contributed by atoms with Crippen molar-refractivity contribution in [2.75, 3.05) is 39.4 Å². The lowest BCUT2D eigenvalue weighted by molar-refractivity contribution is -0.169. The van der Waals surface area contributed by atoms with Gasteiger partial charge in [0, 0.05) is 38.7 Å². The van der Waals surface area contributed by atoms with E-state index >= 15 is 4.39 Å². The summed E-state index contributed by atoms with van der Waals surface area (Å²) in [5.74, 6) is -3.76. The average Bonchev–Trinajstić information content (AvgIpc) is 2.98. The highest BCUT2D eigenvalue weighted by Gasteiger charge is 2.49. The zero-order valence-corrected chi connectivity index (χ0v) is 25.0. The number of aryl methyl sites for hydroxylation is 1. The second kappa shape index (κ2) is 13.9.